The van der Waals surface area contributed by atoms with E-state index in [1.54, 1.807) is 29.5 Å². The summed E-state index contributed by atoms with van der Waals surface area (Å²) in [7, 11) is 0. The Morgan fingerprint density at radius 1 is 1.31 bits per heavy atom. The molecule has 1 aromatic heterocycles. The van der Waals surface area contributed by atoms with E-state index in [1.807, 2.05) is 6.92 Å². The van der Waals surface area contributed by atoms with Gasteiger partial charge in [0, 0.05) is 32.2 Å². The van der Waals surface area contributed by atoms with Crippen molar-refractivity contribution in [3.8, 4) is 5.75 Å². The molecule has 1 saturated heterocycles. The van der Waals surface area contributed by atoms with Crippen molar-refractivity contribution >= 4 is 17.3 Å². The number of para-hydroxylation sites is 1. The Hall–Kier alpha value is -2.12. The molecule has 1 aliphatic rings. The molecule has 1 fully saturated rings. The lowest BCUT2D eigenvalue weighted by Crippen LogP contribution is -2.48. The molecule has 2 heterocycles. The minimum absolute atomic E-state index is 0.213. The van der Waals surface area contributed by atoms with E-state index in [1.165, 1.54) is 11.6 Å². The maximum Gasteiger partial charge on any atom is 0.191 e. The summed E-state index contributed by atoms with van der Waals surface area (Å²) in [5.41, 5.74) is 1.40. The van der Waals surface area contributed by atoms with E-state index < -0.39 is 0 Å². The zero-order chi connectivity index (χ0) is 20.5. The first-order chi connectivity index (χ1) is 14.1. The fraction of sp³-hybridized carbons (Fsp3) is 0.500. The van der Waals surface area contributed by atoms with Crippen LogP contribution in [0.5, 0.6) is 5.75 Å². The molecule has 1 aliphatic heterocycles. The van der Waals surface area contributed by atoms with Crippen molar-refractivity contribution in [3.63, 3.8) is 0 Å². The normalized spacial score (nSPS) is 17.1. The number of thiophene rings is 1. The van der Waals surface area contributed by atoms with Crippen LogP contribution in [0.25, 0.3) is 0 Å². The Morgan fingerprint density at radius 2 is 2.10 bits per heavy atom. The average molecular weight is 419 g/mol. The fourth-order valence-electron chi connectivity index (χ4n) is 3.40. The van der Waals surface area contributed by atoms with Crippen LogP contribution in [0.15, 0.2) is 46.1 Å². The van der Waals surface area contributed by atoms with E-state index in [9.17, 15) is 4.39 Å². The zero-order valence-corrected chi connectivity index (χ0v) is 18.1. The second-order valence-electron chi connectivity index (χ2n) is 7.40. The van der Waals surface area contributed by atoms with Crippen molar-refractivity contribution in [2.45, 2.75) is 45.4 Å². The number of hydrogen-bond donors (Lipinski definition) is 2. The van der Waals surface area contributed by atoms with E-state index in [0.29, 0.717) is 12.6 Å². The first-order valence-electron chi connectivity index (χ1n) is 10.3. The minimum Gasteiger partial charge on any atom is -0.486 e. The van der Waals surface area contributed by atoms with Gasteiger partial charge in [-0.1, -0.05) is 12.1 Å². The minimum atomic E-state index is -0.345. The van der Waals surface area contributed by atoms with Crippen molar-refractivity contribution in [2.24, 2.45) is 4.99 Å². The predicted molar refractivity (Wildman–Crippen MR) is 118 cm³/mol. The van der Waals surface area contributed by atoms with Gasteiger partial charge >= 0.3 is 0 Å². The summed E-state index contributed by atoms with van der Waals surface area (Å²) in [4.78, 5) is 7.16. The first-order valence-corrected chi connectivity index (χ1v) is 11.3. The molecule has 0 spiro atoms. The van der Waals surface area contributed by atoms with Gasteiger partial charge in [0.2, 0.25) is 0 Å². The van der Waals surface area contributed by atoms with Crippen LogP contribution >= 0.6 is 11.3 Å². The molecule has 1 atom stereocenters. The smallest absolute Gasteiger partial charge is 0.191 e. The largest absolute Gasteiger partial charge is 0.486 e. The number of piperidine rings is 1. The molecule has 0 bridgehead atoms. The Morgan fingerprint density at radius 3 is 2.79 bits per heavy atom. The molecule has 1 aromatic carbocycles. The number of benzene rings is 1. The molecule has 29 heavy (non-hydrogen) atoms. The number of hydrogen-bond acceptors (Lipinski definition) is 4. The lowest BCUT2D eigenvalue weighted by Gasteiger charge is -2.33. The van der Waals surface area contributed by atoms with Gasteiger partial charge in [0.05, 0.1) is 6.54 Å². The SMILES string of the molecule is CCNC(=NCC(C)Oc1ccccc1F)NC1CCN(Cc2ccsc2)CC1. The highest BCUT2D eigenvalue weighted by molar-refractivity contribution is 7.07. The molecule has 0 amide bonds. The second-order valence-corrected chi connectivity index (χ2v) is 8.18. The van der Waals surface area contributed by atoms with Crippen LogP contribution < -0.4 is 15.4 Å². The quantitative estimate of drug-likeness (QED) is 0.505. The number of likely N-dealkylation sites (tertiary alicyclic amines) is 1. The summed E-state index contributed by atoms with van der Waals surface area (Å²) in [5.74, 6) is 0.724. The number of rotatable bonds is 8. The second kappa shape index (κ2) is 11.2. The highest BCUT2D eigenvalue weighted by atomic mass is 32.1. The van der Waals surface area contributed by atoms with Crippen molar-refractivity contribution in [1.29, 1.82) is 0 Å². The summed E-state index contributed by atoms with van der Waals surface area (Å²) in [6.45, 7) is 8.42. The molecule has 0 saturated carbocycles. The maximum atomic E-state index is 13.7. The summed E-state index contributed by atoms with van der Waals surface area (Å²) >= 11 is 1.76. The van der Waals surface area contributed by atoms with Crippen LogP contribution in [0, 0.1) is 5.82 Å². The van der Waals surface area contributed by atoms with Crippen molar-refractivity contribution in [1.82, 2.24) is 15.5 Å². The van der Waals surface area contributed by atoms with Crippen molar-refractivity contribution in [3.05, 3.63) is 52.5 Å². The topological polar surface area (TPSA) is 48.9 Å². The zero-order valence-electron chi connectivity index (χ0n) is 17.2. The third-order valence-electron chi connectivity index (χ3n) is 4.93. The van der Waals surface area contributed by atoms with Crippen LogP contribution in [0.4, 0.5) is 4.39 Å². The summed E-state index contributed by atoms with van der Waals surface area (Å²) in [5, 5.41) is 11.2. The van der Waals surface area contributed by atoms with Crippen molar-refractivity contribution < 1.29 is 9.13 Å². The summed E-state index contributed by atoms with van der Waals surface area (Å²) in [6.07, 6.45) is 1.97. The number of nitrogens with one attached hydrogen (secondary N) is 2. The fourth-order valence-corrected chi connectivity index (χ4v) is 4.06. The van der Waals surface area contributed by atoms with E-state index in [2.05, 4.69) is 44.3 Å². The van der Waals surface area contributed by atoms with Gasteiger partial charge in [0.15, 0.2) is 17.5 Å². The Labute approximate surface area is 177 Å². The predicted octanol–water partition coefficient (Wildman–Crippen LogP) is 3.87. The number of nitrogens with zero attached hydrogens (tertiary/aromatic N) is 2. The molecule has 1 unspecified atom stereocenters. The molecule has 158 valence electrons. The van der Waals surface area contributed by atoms with Gasteiger partial charge in [0.25, 0.3) is 0 Å². The Kier molecular flexibility index (Phi) is 8.31. The van der Waals surface area contributed by atoms with E-state index >= 15 is 0 Å². The van der Waals surface area contributed by atoms with Crippen LogP contribution in [0.3, 0.4) is 0 Å². The van der Waals surface area contributed by atoms with Gasteiger partial charge < -0.3 is 15.4 Å². The Bertz CT molecular complexity index is 760. The standard InChI is InChI=1S/C22H31FN4OS/c1-3-24-22(25-14-17(2)28-21-7-5-4-6-20(21)23)26-19-8-11-27(12-9-19)15-18-10-13-29-16-18/h4-7,10,13,16-17,19H,3,8-9,11-12,14-15H2,1-2H3,(H2,24,25,26). The summed E-state index contributed by atoms with van der Waals surface area (Å²) in [6, 6.07) is 9.09. The van der Waals surface area contributed by atoms with Gasteiger partial charge in [-0.15, -0.1) is 0 Å². The molecule has 0 aliphatic carbocycles. The van der Waals surface area contributed by atoms with Crippen molar-refractivity contribution in [2.75, 3.05) is 26.2 Å². The molecular formula is C22H31FN4OS. The van der Waals surface area contributed by atoms with Crippen LogP contribution in [-0.4, -0.2) is 49.2 Å². The van der Waals surface area contributed by atoms with Crippen LogP contribution in [0.1, 0.15) is 32.3 Å². The highest BCUT2D eigenvalue weighted by Crippen LogP contribution is 2.17. The van der Waals surface area contributed by atoms with Gasteiger partial charge in [-0.2, -0.15) is 11.3 Å². The number of guanidine groups is 1. The Balaban J connectivity index is 1.46. The van der Waals surface area contributed by atoms with Crippen LogP contribution in [-0.2, 0) is 6.54 Å². The molecule has 5 nitrogen and oxygen atoms in total. The lowest BCUT2D eigenvalue weighted by molar-refractivity contribution is 0.198. The molecule has 3 rings (SSSR count). The van der Waals surface area contributed by atoms with E-state index in [-0.39, 0.29) is 17.7 Å². The number of ether oxygens (including phenoxy) is 1. The molecule has 0 radical (unpaired) electrons. The van der Waals surface area contributed by atoms with E-state index in [0.717, 1.165) is 45.0 Å². The van der Waals surface area contributed by atoms with Gasteiger partial charge in [-0.3, -0.25) is 4.90 Å². The third-order valence-corrected chi connectivity index (χ3v) is 5.66. The molecular weight excluding hydrogens is 387 g/mol. The lowest BCUT2D eigenvalue weighted by atomic mass is 10.0. The average Bonchev–Trinajstić information content (AvgIpc) is 3.23. The molecule has 2 N–H and O–H groups in total. The third kappa shape index (κ3) is 7.01. The highest BCUT2D eigenvalue weighted by Gasteiger charge is 2.20. The van der Waals surface area contributed by atoms with Gasteiger partial charge in [-0.25, -0.2) is 9.38 Å². The molecule has 2 aromatic rings. The van der Waals surface area contributed by atoms with Gasteiger partial charge in [0.1, 0.15) is 6.10 Å². The van der Waals surface area contributed by atoms with E-state index in [4.69, 9.17) is 4.74 Å². The number of halogens is 1. The first kappa shape index (κ1) is 21.6. The van der Waals surface area contributed by atoms with Gasteiger partial charge in [-0.05, 0) is 61.2 Å². The molecule has 7 heteroatoms. The summed E-state index contributed by atoms with van der Waals surface area (Å²) < 4.78 is 19.4. The number of aliphatic imine (C=N–C) groups is 1. The van der Waals surface area contributed by atoms with Crippen LogP contribution in [0.2, 0.25) is 0 Å². The monoisotopic (exact) mass is 418 g/mol. The maximum absolute atomic E-state index is 13.7.